The second-order valence-electron chi connectivity index (χ2n) is 4.60. The minimum atomic E-state index is -0.338. The van der Waals surface area contributed by atoms with E-state index in [9.17, 15) is 10.1 Å². The van der Waals surface area contributed by atoms with Crippen molar-refractivity contribution >= 4 is 11.4 Å². The Bertz CT molecular complexity index is 412. The highest BCUT2D eigenvalue weighted by Gasteiger charge is 2.22. The van der Waals surface area contributed by atoms with E-state index in [0.717, 1.165) is 18.5 Å². The van der Waals surface area contributed by atoms with Gasteiger partial charge in [0.05, 0.1) is 4.92 Å². The van der Waals surface area contributed by atoms with Gasteiger partial charge in [-0.25, -0.2) is 0 Å². The van der Waals surface area contributed by atoms with Crippen molar-refractivity contribution in [1.82, 2.24) is 0 Å². The first-order valence-corrected chi connectivity index (χ1v) is 5.95. The monoisotopic (exact) mass is 236 g/mol. The summed E-state index contributed by atoms with van der Waals surface area (Å²) in [6.07, 6.45) is 1.96. The van der Waals surface area contributed by atoms with Crippen molar-refractivity contribution in [3.8, 4) is 0 Å². The van der Waals surface area contributed by atoms with E-state index in [1.54, 1.807) is 13.0 Å². The molecule has 94 valence electrons. The molecule has 0 aliphatic carbocycles. The lowest BCUT2D eigenvalue weighted by molar-refractivity contribution is -0.385. The van der Waals surface area contributed by atoms with Crippen LogP contribution >= 0.6 is 0 Å². The van der Waals surface area contributed by atoms with E-state index in [1.165, 1.54) is 6.07 Å². The number of rotatable bonds is 5. The van der Waals surface area contributed by atoms with Crippen LogP contribution in [-0.2, 0) is 0 Å². The fourth-order valence-electron chi connectivity index (χ4n) is 1.71. The number of nitro benzene ring substituents is 1. The standard InChI is InChI=1S/C13H20N2O2/c1-5-13(4,6-2)14-11-8-7-9-12(10(11)3)15(16)17/h7-9,14H,5-6H2,1-4H3. The van der Waals surface area contributed by atoms with Gasteiger partial charge in [0.25, 0.3) is 5.69 Å². The van der Waals surface area contributed by atoms with Crippen molar-refractivity contribution in [3.05, 3.63) is 33.9 Å². The lowest BCUT2D eigenvalue weighted by Crippen LogP contribution is -2.33. The third-order valence-electron chi connectivity index (χ3n) is 3.50. The average Bonchev–Trinajstić information content (AvgIpc) is 2.31. The van der Waals surface area contributed by atoms with Gasteiger partial charge in [-0.1, -0.05) is 19.9 Å². The summed E-state index contributed by atoms with van der Waals surface area (Å²) in [5.41, 5.74) is 1.71. The number of nitrogens with zero attached hydrogens (tertiary/aromatic N) is 1. The topological polar surface area (TPSA) is 55.2 Å². The molecule has 0 radical (unpaired) electrons. The molecule has 0 atom stereocenters. The minimum absolute atomic E-state index is 0.0139. The van der Waals surface area contributed by atoms with E-state index in [4.69, 9.17) is 0 Å². The third-order valence-corrected chi connectivity index (χ3v) is 3.50. The Morgan fingerprint density at radius 3 is 2.41 bits per heavy atom. The fraction of sp³-hybridized carbons (Fsp3) is 0.538. The summed E-state index contributed by atoms with van der Waals surface area (Å²) < 4.78 is 0. The van der Waals surface area contributed by atoms with Gasteiger partial charge in [-0.05, 0) is 32.8 Å². The molecule has 1 aromatic rings. The average molecular weight is 236 g/mol. The number of hydrogen-bond donors (Lipinski definition) is 1. The van der Waals surface area contributed by atoms with Crippen LogP contribution in [0.3, 0.4) is 0 Å². The Morgan fingerprint density at radius 2 is 1.94 bits per heavy atom. The van der Waals surface area contributed by atoms with Crippen LogP contribution in [0.25, 0.3) is 0 Å². The maximum absolute atomic E-state index is 10.9. The van der Waals surface area contributed by atoms with Crippen molar-refractivity contribution < 1.29 is 4.92 Å². The van der Waals surface area contributed by atoms with Gasteiger partial charge >= 0.3 is 0 Å². The quantitative estimate of drug-likeness (QED) is 0.623. The molecule has 0 saturated heterocycles. The lowest BCUT2D eigenvalue weighted by atomic mass is 9.94. The predicted molar refractivity (Wildman–Crippen MR) is 70.4 cm³/mol. The fourth-order valence-corrected chi connectivity index (χ4v) is 1.71. The second-order valence-corrected chi connectivity index (χ2v) is 4.60. The first kappa shape index (κ1) is 13.5. The largest absolute Gasteiger partial charge is 0.379 e. The molecule has 0 saturated carbocycles. The van der Waals surface area contributed by atoms with E-state index in [-0.39, 0.29) is 16.1 Å². The van der Waals surface area contributed by atoms with E-state index in [1.807, 2.05) is 6.07 Å². The Balaban J connectivity index is 3.08. The van der Waals surface area contributed by atoms with Crippen molar-refractivity contribution in [3.63, 3.8) is 0 Å². The Labute approximate surface area is 102 Å². The first-order valence-electron chi connectivity index (χ1n) is 5.95. The SMILES string of the molecule is CCC(C)(CC)Nc1cccc([N+](=O)[O-])c1C. The van der Waals surface area contributed by atoms with Gasteiger partial charge in [0.15, 0.2) is 0 Å². The zero-order valence-corrected chi connectivity index (χ0v) is 10.9. The van der Waals surface area contributed by atoms with Crippen LogP contribution in [0.15, 0.2) is 18.2 Å². The number of hydrogen-bond acceptors (Lipinski definition) is 3. The summed E-state index contributed by atoms with van der Waals surface area (Å²) in [6.45, 7) is 8.14. The number of anilines is 1. The van der Waals surface area contributed by atoms with E-state index >= 15 is 0 Å². The molecule has 4 nitrogen and oxygen atoms in total. The zero-order valence-electron chi connectivity index (χ0n) is 10.9. The molecule has 1 rings (SSSR count). The summed E-state index contributed by atoms with van der Waals surface area (Å²) in [5, 5.41) is 14.3. The highest BCUT2D eigenvalue weighted by atomic mass is 16.6. The van der Waals surface area contributed by atoms with Crippen molar-refractivity contribution in [2.45, 2.75) is 46.1 Å². The van der Waals surface area contributed by atoms with Gasteiger partial charge < -0.3 is 5.32 Å². The Hall–Kier alpha value is -1.58. The Morgan fingerprint density at radius 1 is 1.35 bits per heavy atom. The maximum atomic E-state index is 10.9. The highest BCUT2D eigenvalue weighted by Crippen LogP contribution is 2.29. The van der Waals surface area contributed by atoms with Gasteiger partial charge in [0, 0.05) is 22.9 Å². The van der Waals surface area contributed by atoms with Gasteiger partial charge in [-0.3, -0.25) is 10.1 Å². The molecule has 17 heavy (non-hydrogen) atoms. The van der Waals surface area contributed by atoms with Crippen molar-refractivity contribution in [2.75, 3.05) is 5.32 Å². The highest BCUT2D eigenvalue weighted by molar-refractivity contribution is 5.60. The molecule has 4 heteroatoms. The molecule has 0 bridgehead atoms. The molecule has 0 amide bonds. The molecule has 0 aromatic heterocycles. The molecule has 1 N–H and O–H groups in total. The summed E-state index contributed by atoms with van der Waals surface area (Å²) in [4.78, 5) is 10.5. The molecule has 0 unspecified atom stereocenters. The first-order chi connectivity index (χ1) is 7.93. The summed E-state index contributed by atoms with van der Waals surface area (Å²) in [6, 6.07) is 5.15. The second kappa shape index (κ2) is 5.17. The number of benzene rings is 1. The van der Waals surface area contributed by atoms with Gasteiger partial charge in [0.2, 0.25) is 0 Å². The van der Waals surface area contributed by atoms with Crippen LogP contribution in [0.2, 0.25) is 0 Å². The molecular formula is C13H20N2O2. The van der Waals surface area contributed by atoms with Crippen LogP contribution in [0.1, 0.15) is 39.2 Å². The van der Waals surface area contributed by atoms with Crippen LogP contribution in [-0.4, -0.2) is 10.5 Å². The van der Waals surface area contributed by atoms with Crippen LogP contribution in [0.5, 0.6) is 0 Å². The summed E-state index contributed by atoms with van der Waals surface area (Å²) >= 11 is 0. The number of nitro groups is 1. The Kier molecular flexibility index (Phi) is 4.10. The summed E-state index contributed by atoms with van der Waals surface area (Å²) in [5.74, 6) is 0. The molecule has 0 aliphatic rings. The van der Waals surface area contributed by atoms with Gasteiger partial charge in [-0.2, -0.15) is 0 Å². The predicted octanol–water partition coefficient (Wildman–Crippen LogP) is 3.89. The van der Waals surface area contributed by atoms with Gasteiger partial charge in [-0.15, -0.1) is 0 Å². The molecular weight excluding hydrogens is 216 g/mol. The van der Waals surface area contributed by atoms with Crippen LogP contribution in [0.4, 0.5) is 11.4 Å². The molecule has 0 fully saturated rings. The van der Waals surface area contributed by atoms with Crippen LogP contribution in [0, 0.1) is 17.0 Å². The van der Waals surface area contributed by atoms with Crippen LogP contribution < -0.4 is 5.32 Å². The third kappa shape index (κ3) is 2.96. The van der Waals surface area contributed by atoms with Crippen molar-refractivity contribution in [1.29, 1.82) is 0 Å². The minimum Gasteiger partial charge on any atom is -0.379 e. The van der Waals surface area contributed by atoms with E-state index < -0.39 is 0 Å². The molecule has 0 heterocycles. The van der Waals surface area contributed by atoms with E-state index in [0.29, 0.717) is 5.56 Å². The molecule has 0 spiro atoms. The van der Waals surface area contributed by atoms with Gasteiger partial charge in [0.1, 0.15) is 0 Å². The molecule has 0 aliphatic heterocycles. The number of nitrogens with one attached hydrogen (secondary N) is 1. The maximum Gasteiger partial charge on any atom is 0.274 e. The normalized spacial score (nSPS) is 11.3. The lowest BCUT2D eigenvalue weighted by Gasteiger charge is -2.30. The van der Waals surface area contributed by atoms with Crippen molar-refractivity contribution in [2.24, 2.45) is 0 Å². The molecule has 1 aromatic carbocycles. The van der Waals surface area contributed by atoms with E-state index in [2.05, 4.69) is 26.1 Å². The smallest absolute Gasteiger partial charge is 0.274 e. The zero-order chi connectivity index (χ0) is 13.1. The summed E-state index contributed by atoms with van der Waals surface area (Å²) in [7, 11) is 0.